The molecule has 0 aromatic rings. The van der Waals surface area contributed by atoms with Crippen molar-refractivity contribution in [3.05, 3.63) is 0 Å². The Labute approximate surface area is 110 Å². The number of primary amides is 1. The van der Waals surface area contributed by atoms with E-state index in [1.165, 1.54) is 12.8 Å². The number of likely N-dealkylation sites (tertiary alicyclic amines) is 1. The highest BCUT2D eigenvalue weighted by Crippen LogP contribution is 2.40. The van der Waals surface area contributed by atoms with Gasteiger partial charge >= 0.3 is 0 Å². The SMILES string of the molecule is CNC(CN1CC(C)CCC1C)(C(N)=O)C1CC1. The van der Waals surface area contributed by atoms with Gasteiger partial charge in [0.05, 0.1) is 0 Å². The second-order valence-electron chi connectivity index (χ2n) is 6.32. The number of rotatable bonds is 5. The minimum absolute atomic E-state index is 0.182. The van der Waals surface area contributed by atoms with Crippen molar-refractivity contribution in [3.63, 3.8) is 0 Å². The smallest absolute Gasteiger partial charge is 0.239 e. The lowest BCUT2D eigenvalue weighted by Crippen LogP contribution is -2.63. The van der Waals surface area contributed by atoms with Crippen LogP contribution in [-0.2, 0) is 4.79 Å². The Bertz CT molecular complexity index is 316. The monoisotopic (exact) mass is 253 g/mol. The number of likely N-dealkylation sites (N-methyl/N-ethyl adjacent to an activating group) is 1. The zero-order chi connectivity index (χ0) is 13.3. The predicted octanol–water partition coefficient (Wildman–Crippen LogP) is 0.960. The lowest BCUT2D eigenvalue weighted by Gasteiger charge is -2.43. The number of nitrogens with two attached hydrogens (primary N) is 1. The lowest BCUT2D eigenvalue weighted by molar-refractivity contribution is -0.126. The molecule has 3 unspecified atom stereocenters. The van der Waals surface area contributed by atoms with Crippen LogP contribution in [-0.4, -0.2) is 42.5 Å². The van der Waals surface area contributed by atoms with Gasteiger partial charge in [0.25, 0.3) is 0 Å². The summed E-state index contributed by atoms with van der Waals surface area (Å²) in [5.41, 5.74) is 5.18. The number of piperidine rings is 1. The molecule has 0 aromatic carbocycles. The maximum atomic E-state index is 11.9. The van der Waals surface area contributed by atoms with Gasteiger partial charge in [-0.15, -0.1) is 0 Å². The first-order valence-electron chi connectivity index (χ1n) is 7.22. The Kier molecular flexibility index (Phi) is 3.97. The van der Waals surface area contributed by atoms with Crippen molar-refractivity contribution in [2.75, 3.05) is 20.1 Å². The largest absolute Gasteiger partial charge is 0.368 e. The van der Waals surface area contributed by atoms with Crippen molar-refractivity contribution >= 4 is 5.91 Å². The molecule has 1 aliphatic carbocycles. The molecule has 0 bridgehead atoms. The van der Waals surface area contributed by atoms with Crippen LogP contribution in [0.4, 0.5) is 0 Å². The van der Waals surface area contributed by atoms with E-state index in [1.54, 1.807) is 0 Å². The third kappa shape index (κ3) is 2.54. The minimum Gasteiger partial charge on any atom is -0.368 e. The van der Waals surface area contributed by atoms with E-state index in [-0.39, 0.29) is 5.91 Å². The van der Waals surface area contributed by atoms with E-state index in [0.717, 1.165) is 31.8 Å². The Balaban J connectivity index is 2.10. The molecule has 0 spiro atoms. The third-order valence-electron chi connectivity index (χ3n) is 4.86. The summed E-state index contributed by atoms with van der Waals surface area (Å²) in [4.78, 5) is 14.4. The summed E-state index contributed by atoms with van der Waals surface area (Å²) >= 11 is 0. The van der Waals surface area contributed by atoms with Gasteiger partial charge in [0, 0.05) is 19.1 Å². The predicted molar refractivity (Wildman–Crippen MR) is 73.1 cm³/mol. The van der Waals surface area contributed by atoms with Gasteiger partial charge in [-0.05, 0) is 51.5 Å². The summed E-state index contributed by atoms with van der Waals surface area (Å²) in [5.74, 6) is 0.977. The average Bonchev–Trinajstić information content (AvgIpc) is 3.14. The number of amides is 1. The topological polar surface area (TPSA) is 58.4 Å². The number of carbonyl (C=O) groups is 1. The fourth-order valence-electron chi connectivity index (χ4n) is 3.31. The summed E-state index contributed by atoms with van der Waals surface area (Å²) in [6.07, 6.45) is 4.78. The normalized spacial score (nSPS) is 33.1. The molecule has 3 atom stereocenters. The highest BCUT2D eigenvalue weighted by molar-refractivity contribution is 5.86. The number of nitrogens with one attached hydrogen (secondary N) is 1. The standard InChI is InChI=1S/C14H27N3O/c1-10-4-5-11(2)17(8-10)9-14(16-3,13(15)18)12-6-7-12/h10-12,16H,4-9H2,1-3H3,(H2,15,18). The third-order valence-corrected chi connectivity index (χ3v) is 4.86. The zero-order valence-electron chi connectivity index (χ0n) is 11.9. The van der Waals surface area contributed by atoms with Gasteiger partial charge in [0.15, 0.2) is 0 Å². The van der Waals surface area contributed by atoms with E-state index in [4.69, 9.17) is 5.73 Å². The summed E-state index contributed by atoms with van der Waals surface area (Å²) < 4.78 is 0. The van der Waals surface area contributed by atoms with Crippen LogP contribution in [0.25, 0.3) is 0 Å². The molecule has 1 heterocycles. The second-order valence-corrected chi connectivity index (χ2v) is 6.32. The molecule has 18 heavy (non-hydrogen) atoms. The molecule has 1 saturated heterocycles. The fraction of sp³-hybridized carbons (Fsp3) is 0.929. The van der Waals surface area contributed by atoms with Gasteiger partial charge in [-0.3, -0.25) is 9.69 Å². The summed E-state index contributed by atoms with van der Waals surface area (Å²) in [7, 11) is 1.88. The Hall–Kier alpha value is -0.610. The van der Waals surface area contributed by atoms with Crippen molar-refractivity contribution < 1.29 is 4.79 Å². The van der Waals surface area contributed by atoms with Gasteiger partial charge in [-0.2, -0.15) is 0 Å². The van der Waals surface area contributed by atoms with Crippen molar-refractivity contribution in [2.45, 2.75) is 51.1 Å². The molecule has 3 N–H and O–H groups in total. The lowest BCUT2D eigenvalue weighted by atomic mass is 9.88. The average molecular weight is 253 g/mol. The van der Waals surface area contributed by atoms with Gasteiger partial charge in [-0.25, -0.2) is 0 Å². The van der Waals surface area contributed by atoms with Gasteiger partial charge < -0.3 is 11.1 Å². The van der Waals surface area contributed by atoms with Crippen molar-refractivity contribution in [1.82, 2.24) is 10.2 Å². The second kappa shape index (κ2) is 5.17. The number of hydrogen-bond acceptors (Lipinski definition) is 3. The van der Waals surface area contributed by atoms with Gasteiger partial charge in [0.1, 0.15) is 5.54 Å². The molecule has 2 rings (SSSR count). The fourth-order valence-corrected chi connectivity index (χ4v) is 3.31. The van der Waals surface area contributed by atoms with E-state index in [9.17, 15) is 4.79 Å². The first-order valence-corrected chi connectivity index (χ1v) is 7.22. The van der Waals surface area contributed by atoms with Crippen LogP contribution in [0.2, 0.25) is 0 Å². The Morgan fingerprint density at radius 1 is 1.33 bits per heavy atom. The number of nitrogens with zero attached hydrogens (tertiary/aromatic N) is 1. The van der Waals surface area contributed by atoms with Gasteiger partial charge in [0.2, 0.25) is 5.91 Å². The van der Waals surface area contributed by atoms with Crippen LogP contribution >= 0.6 is 0 Å². The first kappa shape index (κ1) is 13.8. The molecular weight excluding hydrogens is 226 g/mol. The molecule has 0 radical (unpaired) electrons. The molecular formula is C14H27N3O. The molecule has 4 heteroatoms. The number of carbonyl (C=O) groups excluding carboxylic acids is 1. The van der Waals surface area contributed by atoms with Crippen molar-refractivity contribution in [3.8, 4) is 0 Å². The Morgan fingerprint density at radius 3 is 2.50 bits per heavy atom. The highest BCUT2D eigenvalue weighted by atomic mass is 16.1. The van der Waals surface area contributed by atoms with E-state index in [2.05, 4.69) is 24.1 Å². The quantitative estimate of drug-likeness (QED) is 0.767. The molecule has 1 amide bonds. The van der Waals surface area contributed by atoms with Crippen LogP contribution < -0.4 is 11.1 Å². The zero-order valence-corrected chi connectivity index (χ0v) is 11.9. The maximum absolute atomic E-state index is 11.9. The van der Waals surface area contributed by atoms with Crippen LogP contribution in [0.15, 0.2) is 0 Å². The molecule has 0 aromatic heterocycles. The Morgan fingerprint density at radius 2 is 2.00 bits per heavy atom. The molecule has 1 aliphatic heterocycles. The summed E-state index contributed by atoms with van der Waals surface area (Å²) in [6, 6.07) is 0.562. The molecule has 1 saturated carbocycles. The van der Waals surface area contributed by atoms with Crippen molar-refractivity contribution in [1.29, 1.82) is 0 Å². The molecule has 4 nitrogen and oxygen atoms in total. The summed E-state index contributed by atoms with van der Waals surface area (Å²) in [6.45, 7) is 6.42. The molecule has 2 aliphatic rings. The minimum atomic E-state index is -0.509. The van der Waals surface area contributed by atoms with Crippen molar-refractivity contribution in [2.24, 2.45) is 17.6 Å². The van der Waals surface area contributed by atoms with E-state index in [0.29, 0.717) is 12.0 Å². The van der Waals surface area contributed by atoms with E-state index < -0.39 is 5.54 Å². The van der Waals surface area contributed by atoms with Crippen LogP contribution in [0.3, 0.4) is 0 Å². The van der Waals surface area contributed by atoms with E-state index in [1.807, 2.05) is 7.05 Å². The number of hydrogen-bond donors (Lipinski definition) is 2. The van der Waals surface area contributed by atoms with Crippen LogP contribution in [0.5, 0.6) is 0 Å². The highest BCUT2D eigenvalue weighted by Gasteiger charge is 2.50. The maximum Gasteiger partial charge on any atom is 0.239 e. The molecule has 104 valence electrons. The van der Waals surface area contributed by atoms with Crippen LogP contribution in [0.1, 0.15) is 39.5 Å². The van der Waals surface area contributed by atoms with E-state index >= 15 is 0 Å². The summed E-state index contributed by atoms with van der Waals surface area (Å²) in [5, 5.41) is 3.24. The first-order chi connectivity index (χ1) is 8.49. The van der Waals surface area contributed by atoms with Gasteiger partial charge in [-0.1, -0.05) is 6.92 Å². The molecule has 2 fully saturated rings. The van der Waals surface area contributed by atoms with Crippen LogP contribution in [0, 0.1) is 11.8 Å².